The molecule has 1 N–H and O–H groups in total. The topological polar surface area (TPSA) is 70.1 Å². The molecular formula is C26H31FN2O4. The number of amides is 1. The van der Waals surface area contributed by atoms with Crippen molar-refractivity contribution in [2.45, 2.75) is 33.2 Å². The average molecular weight is 455 g/mol. The van der Waals surface area contributed by atoms with E-state index >= 15 is 0 Å². The van der Waals surface area contributed by atoms with E-state index in [1.54, 1.807) is 18.2 Å². The highest BCUT2D eigenvalue weighted by molar-refractivity contribution is 6.46. The van der Waals surface area contributed by atoms with Crippen LogP contribution >= 0.6 is 0 Å². The lowest BCUT2D eigenvalue weighted by Gasteiger charge is -2.27. The molecule has 2 aromatic rings. The van der Waals surface area contributed by atoms with Crippen LogP contribution in [0.25, 0.3) is 5.76 Å². The smallest absolute Gasteiger partial charge is 0.295 e. The monoisotopic (exact) mass is 454 g/mol. The first-order valence-electron chi connectivity index (χ1n) is 11.4. The first kappa shape index (κ1) is 24.5. The van der Waals surface area contributed by atoms with Crippen molar-refractivity contribution in [2.75, 3.05) is 32.8 Å². The van der Waals surface area contributed by atoms with Crippen LogP contribution in [0.15, 0.2) is 54.1 Å². The number of Topliss-reactive ketones (excluding diaryl/α,β-unsaturated/α-hetero) is 1. The van der Waals surface area contributed by atoms with Gasteiger partial charge < -0.3 is 19.6 Å². The molecule has 1 aliphatic rings. The van der Waals surface area contributed by atoms with Crippen molar-refractivity contribution in [3.05, 3.63) is 71.0 Å². The van der Waals surface area contributed by atoms with Crippen LogP contribution in [0.4, 0.5) is 4.39 Å². The summed E-state index contributed by atoms with van der Waals surface area (Å²) in [4.78, 5) is 29.9. The van der Waals surface area contributed by atoms with Crippen LogP contribution in [0.2, 0.25) is 0 Å². The molecule has 3 rings (SSSR count). The Balaban J connectivity index is 2.04. The van der Waals surface area contributed by atoms with Crippen LogP contribution in [0, 0.1) is 5.82 Å². The zero-order valence-corrected chi connectivity index (χ0v) is 19.4. The van der Waals surface area contributed by atoms with Gasteiger partial charge in [-0.25, -0.2) is 4.39 Å². The Morgan fingerprint density at radius 2 is 1.79 bits per heavy atom. The number of halogens is 1. The second-order valence-corrected chi connectivity index (χ2v) is 7.89. The fourth-order valence-electron chi connectivity index (χ4n) is 4.17. The third-order valence-electron chi connectivity index (χ3n) is 5.91. The van der Waals surface area contributed by atoms with Gasteiger partial charge in [-0.1, -0.05) is 26.0 Å². The summed E-state index contributed by atoms with van der Waals surface area (Å²) in [6.07, 6.45) is 0.687. The molecule has 6 nitrogen and oxygen atoms in total. The lowest BCUT2D eigenvalue weighted by molar-refractivity contribution is -0.140. The van der Waals surface area contributed by atoms with Gasteiger partial charge in [-0.05, 0) is 74.9 Å². The van der Waals surface area contributed by atoms with Crippen LogP contribution in [-0.4, -0.2) is 59.4 Å². The Bertz CT molecular complexity index is 1020. The minimum Gasteiger partial charge on any atom is -0.507 e. The molecule has 1 heterocycles. The van der Waals surface area contributed by atoms with E-state index < -0.39 is 23.5 Å². The number of hydrogen-bond donors (Lipinski definition) is 1. The highest BCUT2D eigenvalue weighted by Crippen LogP contribution is 2.40. The average Bonchev–Trinajstić information content (AvgIpc) is 3.07. The molecule has 0 spiro atoms. The highest BCUT2D eigenvalue weighted by atomic mass is 19.1. The molecule has 1 saturated heterocycles. The van der Waals surface area contributed by atoms with Gasteiger partial charge in [0.1, 0.15) is 17.3 Å². The Labute approximate surface area is 194 Å². The van der Waals surface area contributed by atoms with Gasteiger partial charge >= 0.3 is 0 Å². The lowest BCUT2D eigenvalue weighted by Crippen LogP contribution is -2.33. The largest absolute Gasteiger partial charge is 0.507 e. The summed E-state index contributed by atoms with van der Waals surface area (Å²) in [5.41, 5.74) is 0.957. The van der Waals surface area contributed by atoms with Crippen LogP contribution in [0.5, 0.6) is 5.75 Å². The number of carbonyl (C=O) groups excluding carboxylic acids is 2. The molecule has 1 aliphatic heterocycles. The minimum absolute atomic E-state index is 0.00287. The molecule has 0 radical (unpaired) electrons. The highest BCUT2D eigenvalue weighted by Gasteiger charge is 2.45. The number of ketones is 1. The van der Waals surface area contributed by atoms with Gasteiger partial charge in [0.25, 0.3) is 11.7 Å². The quantitative estimate of drug-likeness (QED) is 0.328. The number of aliphatic hydroxyl groups is 1. The molecule has 2 aromatic carbocycles. The second kappa shape index (κ2) is 11.1. The Morgan fingerprint density at radius 3 is 2.42 bits per heavy atom. The summed E-state index contributed by atoms with van der Waals surface area (Å²) in [5, 5.41) is 11.0. The van der Waals surface area contributed by atoms with Gasteiger partial charge in [0.15, 0.2) is 0 Å². The maximum Gasteiger partial charge on any atom is 0.295 e. The van der Waals surface area contributed by atoms with Crippen molar-refractivity contribution >= 4 is 17.4 Å². The molecule has 0 bridgehead atoms. The maximum atomic E-state index is 13.4. The second-order valence-electron chi connectivity index (χ2n) is 7.89. The fourth-order valence-corrected chi connectivity index (χ4v) is 4.17. The third-order valence-corrected chi connectivity index (χ3v) is 5.91. The summed E-state index contributed by atoms with van der Waals surface area (Å²) in [6, 6.07) is 11.7. The summed E-state index contributed by atoms with van der Waals surface area (Å²) in [7, 11) is 0. The SMILES string of the molecule is CCOc1cccc(C2/C(=C(\O)c3ccc(F)cc3)C(=O)C(=O)N2CCCN(CC)CC)c1. The molecule has 1 unspecified atom stereocenters. The summed E-state index contributed by atoms with van der Waals surface area (Å²) in [5.74, 6) is -1.54. The summed E-state index contributed by atoms with van der Waals surface area (Å²) >= 11 is 0. The molecule has 1 amide bonds. The van der Waals surface area contributed by atoms with E-state index in [4.69, 9.17) is 4.74 Å². The van der Waals surface area contributed by atoms with E-state index in [0.29, 0.717) is 30.9 Å². The molecule has 7 heteroatoms. The number of hydrogen-bond acceptors (Lipinski definition) is 5. The number of aliphatic hydroxyl groups excluding tert-OH is 1. The van der Waals surface area contributed by atoms with Crippen molar-refractivity contribution in [1.29, 1.82) is 0 Å². The molecule has 0 aliphatic carbocycles. The first-order chi connectivity index (χ1) is 15.9. The normalized spacial score (nSPS) is 17.7. The predicted molar refractivity (Wildman–Crippen MR) is 125 cm³/mol. The Hall–Kier alpha value is -3.19. The Kier molecular flexibility index (Phi) is 8.22. The molecule has 176 valence electrons. The molecule has 1 atom stereocenters. The van der Waals surface area contributed by atoms with E-state index in [0.717, 1.165) is 19.6 Å². The summed E-state index contributed by atoms with van der Waals surface area (Å²) < 4.78 is 19.0. The van der Waals surface area contributed by atoms with Crippen molar-refractivity contribution in [3.63, 3.8) is 0 Å². The predicted octanol–water partition coefficient (Wildman–Crippen LogP) is 4.38. The van der Waals surface area contributed by atoms with E-state index in [2.05, 4.69) is 18.7 Å². The van der Waals surface area contributed by atoms with Crippen molar-refractivity contribution in [1.82, 2.24) is 9.80 Å². The van der Waals surface area contributed by atoms with E-state index in [1.807, 2.05) is 13.0 Å². The number of nitrogens with zero attached hydrogens (tertiary/aromatic N) is 2. The van der Waals surface area contributed by atoms with Gasteiger partial charge in [-0.15, -0.1) is 0 Å². The molecule has 0 saturated carbocycles. The number of rotatable bonds is 10. The van der Waals surface area contributed by atoms with Crippen molar-refractivity contribution in [3.8, 4) is 5.75 Å². The molecular weight excluding hydrogens is 423 g/mol. The fraction of sp³-hybridized carbons (Fsp3) is 0.385. The van der Waals surface area contributed by atoms with E-state index in [-0.39, 0.29) is 16.9 Å². The van der Waals surface area contributed by atoms with Crippen LogP contribution in [-0.2, 0) is 9.59 Å². The molecule has 1 fully saturated rings. The molecule has 0 aromatic heterocycles. The van der Waals surface area contributed by atoms with E-state index in [9.17, 15) is 19.1 Å². The standard InChI is InChI=1S/C26H31FN2O4/c1-4-28(5-2)15-8-16-29-23(19-9-7-10-21(17-19)33-6-3)22(25(31)26(29)32)24(30)18-11-13-20(27)14-12-18/h7,9-14,17,23,30H,4-6,8,15-16H2,1-3H3/b24-22+. The van der Waals surface area contributed by atoms with Crippen molar-refractivity contribution < 1.29 is 23.8 Å². The molecule has 33 heavy (non-hydrogen) atoms. The van der Waals surface area contributed by atoms with Gasteiger partial charge in [-0.2, -0.15) is 0 Å². The zero-order chi connectivity index (χ0) is 24.0. The van der Waals surface area contributed by atoms with Gasteiger partial charge in [0.05, 0.1) is 18.2 Å². The third kappa shape index (κ3) is 5.42. The van der Waals surface area contributed by atoms with Gasteiger partial charge in [0, 0.05) is 12.1 Å². The zero-order valence-electron chi connectivity index (χ0n) is 19.4. The van der Waals surface area contributed by atoms with Crippen LogP contribution in [0.1, 0.15) is 44.4 Å². The van der Waals surface area contributed by atoms with Crippen LogP contribution < -0.4 is 4.74 Å². The first-order valence-corrected chi connectivity index (χ1v) is 11.4. The van der Waals surface area contributed by atoms with Gasteiger partial charge in [-0.3, -0.25) is 9.59 Å². The lowest BCUT2D eigenvalue weighted by atomic mass is 9.95. The summed E-state index contributed by atoms with van der Waals surface area (Å²) in [6.45, 7) is 9.47. The van der Waals surface area contributed by atoms with Gasteiger partial charge in [0.2, 0.25) is 0 Å². The number of likely N-dealkylation sites (tertiary alicyclic amines) is 1. The number of carbonyl (C=O) groups is 2. The van der Waals surface area contributed by atoms with Crippen LogP contribution in [0.3, 0.4) is 0 Å². The maximum absolute atomic E-state index is 13.4. The minimum atomic E-state index is -0.757. The number of ether oxygens (including phenoxy) is 1. The van der Waals surface area contributed by atoms with Crippen molar-refractivity contribution in [2.24, 2.45) is 0 Å². The number of benzene rings is 2. The van der Waals surface area contributed by atoms with E-state index in [1.165, 1.54) is 29.2 Å². The Morgan fingerprint density at radius 1 is 1.09 bits per heavy atom.